The summed E-state index contributed by atoms with van der Waals surface area (Å²) in [6, 6.07) is 14.6. The van der Waals surface area contributed by atoms with E-state index in [1.165, 1.54) is 16.6 Å². The molecule has 8 nitrogen and oxygen atoms in total. The van der Waals surface area contributed by atoms with Crippen molar-refractivity contribution in [2.24, 2.45) is 11.8 Å². The Morgan fingerprint density at radius 3 is 2.38 bits per heavy atom. The number of esters is 1. The van der Waals surface area contributed by atoms with Crippen LogP contribution in [0, 0.1) is 11.8 Å². The molecule has 4 aliphatic rings. The molecule has 1 aromatic heterocycles. The molecule has 3 aromatic rings. The number of amides is 2. The van der Waals surface area contributed by atoms with E-state index in [1.807, 2.05) is 0 Å². The second-order valence-electron chi connectivity index (χ2n) is 8.15. The van der Waals surface area contributed by atoms with E-state index < -0.39 is 35.7 Å². The minimum Gasteiger partial charge on any atom is -0.466 e. The summed E-state index contributed by atoms with van der Waals surface area (Å²) in [5.41, 5.74) is 0.844. The highest BCUT2D eigenvalue weighted by Gasteiger charge is 2.62. The van der Waals surface area contributed by atoms with Crippen molar-refractivity contribution in [2.45, 2.75) is 12.0 Å². The zero-order valence-electron chi connectivity index (χ0n) is 17.0. The molecule has 2 amide bonds. The Balaban J connectivity index is 1.61. The Morgan fingerprint density at radius 2 is 1.62 bits per heavy atom. The second-order valence-corrected chi connectivity index (χ2v) is 8.15. The summed E-state index contributed by atoms with van der Waals surface area (Å²) in [5, 5.41) is 0.390. The van der Waals surface area contributed by atoms with Gasteiger partial charge in [-0.25, -0.2) is 14.7 Å². The molecule has 4 atom stereocenters. The third kappa shape index (κ3) is 2.23. The van der Waals surface area contributed by atoms with Gasteiger partial charge in [0.15, 0.2) is 0 Å². The summed E-state index contributed by atoms with van der Waals surface area (Å²) in [7, 11) is 1.25. The molecule has 0 N–H and O–H groups in total. The standard InChI is InChI=1S/C24H17N3O5/c1-32-24(31)15-11-14-17-18(23(30)26(22(17)29)12-7-3-2-4-8-12)19(15)27-20(14)25-16-10-6-5-9-13(16)21(27)28/h2-11,14,17-19H,1H3/t14-,17+,18+,19+/m0/s1. The summed E-state index contributed by atoms with van der Waals surface area (Å²) in [6.45, 7) is 0. The lowest BCUT2D eigenvalue weighted by Gasteiger charge is -2.42. The predicted octanol–water partition coefficient (Wildman–Crippen LogP) is 1.95. The van der Waals surface area contributed by atoms with Gasteiger partial charge < -0.3 is 4.74 Å². The quantitative estimate of drug-likeness (QED) is 0.458. The molecule has 0 radical (unpaired) electrons. The smallest absolute Gasteiger partial charge is 0.335 e. The summed E-state index contributed by atoms with van der Waals surface area (Å²) < 4.78 is 6.37. The van der Waals surface area contributed by atoms with E-state index >= 15 is 0 Å². The first-order valence-electron chi connectivity index (χ1n) is 10.3. The number of aromatic nitrogens is 2. The summed E-state index contributed by atoms with van der Waals surface area (Å²) in [5.74, 6) is -3.33. The number of methoxy groups -OCH3 is 1. The van der Waals surface area contributed by atoms with Crippen LogP contribution in [0.4, 0.5) is 5.69 Å². The number of hydrogen-bond donors (Lipinski definition) is 0. The molecule has 1 aliphatic carbocycles. The maximum absolute atomic E-state index is 13.6. The predicted molar refractivity (Wildman–Crippen MR) is 114 cm³/mol. The Kier molecular flexibility index (Phi) is 3.77. The number of allylic oxidation sites excluding steroid dienone is 1. The van der Waals surface area contributed by atoms with Crippen LogP contribution in [-0.2, 0) is 19.1 Å². The molecule has 32 heavy (non-hydrogen) atoms. The molecule has 2 bridgehead atoms. The minimum atomic E-state index is -0.956. The molecule has 158 valence electrons. The number of benzene rings is 2. The van der Waals surface area contributed by atoms with E-state index in [0.717, 1.165) is 0 Å². The molecule has 7 rings (SSSR count). The van der Waals surface area contributed by atoms with Crippen LogP contribution < -0.4 is 10.5 Å². The monoisotopic (exact) mass is 427 g/mol. The first-order chi connectivity index (χ1) is 15.5. The Morgan fingerprint density at radius 1 is 0.938 bits per heavy atom. The molecule has 1 fully saturated rings. The van der Waals surface area contributed by atoms with Crippen LogP contribution in [0.3, 0.4) is 0 Å². The molecule has 8 heteroatoms. The van der Waals surface area contributed by atoms with Crippen LogP contribution in [0.2, 0.25) is 0 Å². The molecule has 3 aliphatic heterocycles. The Labute approximate surface area is 181 Å². The fourth-order valence-electron chi connectivity index (χ4n) is 5.35. The van der Waals surface area contributed by atoms with Crippen molar-refractivity contribution in [1.82, 2.24) is 9.55 Å². The summed E-state index contributed by atoms with van der Waals surface area (Å²) >= 11 is 0. The van der Waals surface area contributed by atoms with Crippen molar-refractivity contribution >= 4 is 34.4 Å². The van der Waals surface area contributed by atoms with Gasteiger partial charge in [0, 0.05) is 5.92 Å². The third-order valence-corrected chi connectivity index (χ3v) is 6.65. The van der Waals surface area contributed by atoms with Crippen LogP contribution in [0.25, 0.3) is 10.9 Å². The highest BCUT2D eigenvalue weighted by Crippen LogP contribution is 2.55. The van der Waals surface area contributed by atoms with Crippen molar-refractivity contribution in [3.05, 3.63) is 82.4 Å². The Hall–Kier alpha value is -4.07. The number of ether oxygens (including phenoxy) is 1. The average molecular weight is 427 g/mol. The van der Waals surface area contributed by atoms with Gasteiger partial charge in [-0.3, -0.25) is 19.0 Å². The van der Waals surface area contributed by atoms with Gasteiger partial charge in [-0.05, 0) is 24.3 Å². The second kappa shape index (κ2) is 6.46. The summed E-state index contributed by atoms with van der Waals surface area (Å²) in [4.78, 5) is 59.0. The van der Waals surface area contributed by atoms with E-state index in [9.17, 15) is 19.2 Å². The van der Waals surface area contributed by atoms with Crippen molar-refractivity contribution in [2.75, 3.05) is 12.0 Å². The van der Waals surface area contributed by atoms with Gasteiger partial charge in [-0.2, -0.15) is 0 Å². The zero-order valence-corrected chi connectivity index (χ0v) is 17.0. The average Bonchev–Trinajstić information content (AvgIpc) is 3.10. The van der Waals surface area contributed by atoms with Crippen LogP contribution in [-0.4, -0.2) is 34.4 Å². The Bertz CT molecular complexity index is 1420. The summed E-state index contributed by atoms with van der Waals surface area (Å²) in [6.07, 6.45) is 1.65. The van der Waals surface area contributed by atoms with Crippen molar-refractivity contribution in [3.63, 3.8) is 0 Å². The van der Waals surface area contributed by atoms with Gasteiger partial charge in [0.25, 0.3) is 5.56 Å². The number of rotatable bonds is 2. The van der Waals surface area contributed by atoms with E-state index in [2.05, 4.69) is 4.98 Å². The first-order valence-corrected chi connectivity index (χ1v) is 10.3. The minimum absolute atomic E-state index is 0.210. The van der Waals surface area contributed by atoms with Gasteiger partial charge in [0.05, 0.1) is 47.2 Å². The number of carbonyl (C=O) groups excluding carboxylic acids is 3. The number of nitrogens with zero attached hydrogens (tertiary/aromatic N) is 3. The third-order valence-electron chi connectivity index (χ3n) is 6.65. The van der Waals surface area contributed by atoms with Gasteiger partial charge in [-0.15, -0.1) is 0 Å². The fourth-order valence-corrected chi connectivity index (χ4v) is 5.35. The fraction of sp³-hybridized carbons (Fsp3) is 0.208. The van der Waals surface area contributed by atoms with Crippen LogP contribution >= 0.6 is 0 Å². The molecular formula is C24H17N3O5. The first kappa shape index (κ1) is 18.7. The molecule has 0 unspecified atom stereocenters. The van der Waals surface area contributed by atoms with E-state index in [0.29, 0.717) is 22.4 Å². The molecular weight excluding hydrogens is 410 g/mol. The molecule has 2 aromatic carbocycles. The molecule has 0 spiro atoms. The zero-order chi connectivity index (χ0) is 22.1. The van der Waals surface area contributed by atoms with E-state index in [1.54, 1.807) is 60.7 Å². The van der Waals surface area contributed by atoms with E-state index in [-0.39, 0.29) is 17.0 Å². The molecule has 1 saturated heterocycles. The number of anilines is 1. The topological polar surface area (TPSA) is 98.6 Å². The van der Waals surface area contributed by atoms with Crippen molar-refractivity contribution < 1.29 is 19.1 Å². The SMILES string of the molecule is COC(=O)C1=C[C@@H]2c3nc4ccccc4c(=O)n3[C@H]1[C@@H]1C(=O)N(c3ccccc3)C(=O)[C@@H]12. The number of carbonyl (C=O) groups is 3. The number of fused-ring (bicyclic) bond motifs is 1. The maximum Gasteiger partial charge on any atom is 0.335 e. The largest absolute Gasteiger partial charge is 0.466 e. The van der Waals surface area contributed by atoms with Crippen LogP contribution in [0.1, 0.15) is 17.8 Å². The van der Waals surface area contributed by atoms with Gasteiger partial charge in [0.2, 0.25) is 11.8 Å². The lowest BCUT2D eigenvalue weighted by molar-refractivity contribution is -0.138. The molecule has 4 heterocycles. The highest BCUT2D eigenvalue weighted by atomic mass is 16.5. The van der Waals surface area contributed by atoms with Gasteiger partial charge in [0.1, 0.15) is 5.82 Å². The lowest BCUT2D eigenvalue weighted by Crippen LogP contribution is -2.49. The van der Waals surface area contributed by atoms with Crippen LogP contribution in [0.5, 0.6) is 0 Å². The highest BCUT2D eigenvalue weighted by molar-refractivity contribution is 6.23. The number of imide groups is 1. The van der Waals surface area contributed by atoms with Crippen molar-refractivity contribution in [1.29, 1.82) is 0 Å². The number of hydrogen-bond acceptors (Lipinski definition) is 6. The lowest BCUT2D eigenvalue weighted by atomic mass is 9.67. The molecule has 0 saturated carbocycles. The van der Waals surface area contributed by atoms with Gasteiger partial charge >= 0.3 is 5.97 Å². The van der Waals surface area contributed by atoms with Crippen molar-refractivity contribution in [3.8, 4) is 0 Å². The van der Waals surface area contributed by atoms with Crippen LogP contribution in [0.15, 0.2) is 71.0 Å². The van der Waals surface area contributed by atoms with Gasteiger partial charge in [-0.1, -0.05) is 36.4 Å². The number of para-hydroxylation sites is 2. The maximum atomic E-state index is 13.6. The normalized spacial score (nSPS) is 25.5. The van der Waals surface area contributed by atoms with E-state index in [4.69, 9.17) is 4.74 Å².